The minimum absolute atomic E-state index is 0.114. The summed E-state index contributed by atoms with van der Waals surface area (Å²) in [7, 11) is 0. The molecule has 0 fully saturated rings. The van der Waals surface area contributed by atoms with Crippen molar-refractivity contribution in [3.05, 3.63) is 0 Å². The predicted molar refractivity (Wildman–Crippen MR) is 74.7 cm³/mol. The Labute approximate surface area is 112 Å². The van der Waals surface area contributed by atoms with E-state index in [0.717, 1.165) is 12.8 Å². The normalized spacial score (nSPS) is 12.6. The largest absolute Gasteiger partial charge is 0.481 e. The maximum atomic E-state index is 10.3. The Morgan fingerprint density at radius 2 is 1.33 bits per heavy atom. The number of rotatable bonds is 13. The third kappa shape index (κ3) is 13.5. The van der Waals surface area contributed by atoms with E-state index in [2.05, 4.69) is 6.92 Å². The average Bonchev–Trinajstić information content (AvgIpc) is 2.30. The van der Waals surface area contributed by atoms with Crippen molar-refractivity contribution in [1.82, 2.24) is 0 Å². The van der Waals surface area contributed by atoms with E-state index in [1.165, 1.54) is 51.4 Å². The standard InChI is InChI=1S/C15H30O3/c1-2-3-4-5-6-7-8-9-10-11-12-14(16)13-15(17)18/h14,16H,2-13H2,1H3,(H,17,18)/t14-/m1/s1. The summed E-state index contributed by atoms with van der Waals surface area (Å²) in [5.74, 6) is -0.908. The molecule has 0 radical (unpaired) electrons. The van der Waals surface area contributed by atoms with Crippen LogP contribution in [-0.2, 0) is 4.79 Å². The van der Waals surface area contributed by atoms with E-state index >= 15 is 0 Å². The van der Waals surface area contributed by atoms with Crippen LogP contribution in [0.5, 0.6) is 0 Å². The average molecular weight is 258 g/mol. The van der Waals surface area contributed by atoms with Crippen LogP contribution in [0, 0.1) is 0 Å². The van der Waals surface area contributed by atoms with Crippen molar-refractivity contribution in [3.8, 4) is 0 Å². The van der Waals surface area contributed by atoms with E-state index in [-0.39, 0.29) is 6.42 Å². The Kier molecular flexibility index (Phi) is 12.5. The van der Waals surface area contributed by atoms with E-state index in [1.807, 2.05) is 0 Å². The first-order chi connectivity index (χ1) is 8.66. The molecular formula is C15H30O3. The van der Waals surface area contributed by atoms with Crippen molar-refractivity contribution >= 4 is 5.97 Å². The minimum atomic E-state index is -0.908. The van der Waals surface area contributed by atoms with E-state index in [9.17, 15) is 9.90 Å². The van der Waals surface area contributed by atoms with Gasteiger partial charge in [-0.1, -0.05) is 71.1 Å². The molecule has 0 saturated heterocycles. The molecule has 0 rings (SSSR count). The summed E-state index contributed by atoms with van der Waals surface area (Å²) in [5.41, 5.74) is 0. The first-order valence-corrected chi connectivity index (χ1v) is 7.56. The highest BCUT2D eigenvalue weighted by Crippen LogP contribution is 2.12. The Bertz CT molecular complexity index is 192. The monoisotopic (exact) mass is 258 g/mol. The first kappa shape index (κ1) is 17.4. The number of carboxylic acid groups (broad SMARTS) is 1. The van der Waals surface area contributed by atoms with Gasteiger partial charge in [-0.3, -0.25) is 4.79 Å². The van der Waals surface area contributed by atoms with Crippen LogP contribution in [0.4, 0.5) is 0 Å². The van der Waals surface area contributed by atoms with Crippen LogP contribution in [0.2, 0.25) is 0 Å². The second-order valence-electron chi connectivity index (χ2n) is 5.22. The van der Waals surface area contributed by atoms with Gasteiger partial charge in [-0.05, 0) is 6.42 Å². The summed E-state index contributed by atoms with van der Waals surface area (Å²) < 4.78 is 0. The molecule has 3 nitrogen and oxygen atoms in total. The van der Waals surface area contributed by atoms with Gasteiger partial charge in [-0.15, -0.1) is 0 Å². The van der Waals surface area contributed by atoms with Crippen molar-refractivity contribution in [2.24, 2.45) is 0 Å². The molecule has 0 aromatic rings. The quantitative estimate of drug-likeness (QED) is 0.488. The van der Waals surface area contributed by atoms with Crippen LogP contribution in [0.15, 0.2) is 0 Å². The maximum Gasteiger partial charge on any atom is 0.305 e. The zero-order valence-corrected chi connectivity index (χ0v) is 11.9. The highest BCUT2D eigenvalue weighted by molar-refractivity contribution is 5.67. The summed E-state index contributed by atoms with van der Waals surface area (Å²) >= 11 is 0. The number of carboxylic acids is 1. The second kappa shape index (κ2) is 12.9. The molecule has 0 aliphatic carbocycles. The molecule has 0 aromatic heterocycles. The third-order valence-electron chi connectivity index (χ3n) is 3.30. The Morgan fingerprint density at radius 1 is 0.889 bits per heavy atom. The lowest BCUT2D eigenvalue weighted by atomic mass is 10.0. The number of aliphatic carboxylic acids is 1. The van der Waals surface area contributed by atoms with E-state index < -0.39 is 12.1 Å². The molecule has 1 atom stereocenters. The summed E-state index contributed by atoms with van der Waals surface area (Å²) in [5, 5.41) is 17.8. The molecule has 0 bridgehead atoms. The molecule has 3 heteroatoms. The molecule has 0 aromatic carbocycles. The van der Waals surface area contributed by atoms with Gasteiger partial charge in [-0.25, -0.2) is 0 Å². The van der Waals surface area contributed by atoms with E-state index in [0.29, 0.717) is 6.42 Å². The fourth-order valence-electron chi connectivity index (χ4n) is 2.17. The van der Waals surface area contributed by atoms with E-state index in [4.69, 9.17) is 5.11 Å². The maximum absolute atomic E-state index is 10.3. The zero-order valence-electron chi connectivity index (χ0n) is 11.9. The van der Waals surface area contributed by atoms with Crippen molar-refractivity contribution < 1.29 is 15.0 Å². The predicted octanol–water partition coefficient (Wildman–Crippen LogP) is 4.13. The highest BCUT2D eigenvalue weighted by atomic mass is 16.4. The summed E-state index contributed by atoms with van der Waals surface area (Å²) in [6.45, 7) is 2.23. The molecule has 0 saturated carbocycles. The molecule has 0 spiro atoms. The van der Waals surface area contributed by atoms with Gasteiger partial charge in [0.15, 0.2) is 0 Å². The van der Waals surface area contributed by atoms with Crippen LogP contribution < -0.4 is 0 Å². The van der Waals surface area contributed by atoms with Crippen LogP contribution in [0.1, 0.15) is 84.0 Å². The van der Waals surface area contributed by atoms with Crippen molar-refractivity contribution in [1.29, 1.82) is 0 Å². The molecule has 0 unspecified atom stereocenters. The number of hydrogen-bond acceptors (Lipinski definition) is 2. The topological polar surface area (TPSA) is 57.5 Å². The molecule has 18 heavy (non-hydrogen) atoms. The van der Waals surface area contributed by atoms with Crippen LogP contribution in [0.3, 0.4) is 0 Å². The number of aliphatic hydroxyl groups excluding tert-OH is 1. The van der Waals surface area contributed by atoms with Gasteiger partial charge in [0.1, 0.15) is 0 Å². The lowest BCUT2D eigenvalue weighted by Gasteiger charge is -2.07. The Morgan fingerprint density at radius 3 is 1.78 bits per heavy atom. The summed E-state index contributed by atoms with van der Waals surface area (Å²) in [4.78, 5) is 10.3. The number of unbranched alkanes of at least 4 members (excludes halogenated alkanes) is 9. The molecule has 0 amide bonds. The second-order valence-corrected chi connectivity index (χ2v) is 5.22. The fraction of sp³-hybridized carbons (Fsp3) is 0.933. The fourth-order valence-corrected chi connectivity index (χ4v) is 2.17. The molecule has 2 N–H and O–H groups in total. The van der Waals surface area contributed by atoms with Gasteiger partial charge < -0.3 is 10.2 Å². The zero-order chi connectivity index (χ0) is 13.6. The molecule has 108 valence electrons. The van der Waals surface area contributed by atoms with Gasteiger partial charge in [0, 0.05) is 0 Å². The third-order valence-corrected chi connectivity index (χ3v) is 3.30. The van der Waals surface area contributed by atoms with Crippen molar-refractivity contribution in [2.45, 2.75) is 90.1 Å². The SMILES string of the molecule is CCCCCCCCCCCC[C@@H](O)CC(=O)O. The summed E-state index contributed by atoms with van der Waals surface area (Å²) in [6, 6.07) is 0. The van der Waals surface area contributed by atoms with Gasteiger partial charge in [0.25, 0.3) is 0 Å². The lowest BCUT2D eigenvalue weighted by Crippen LogP contribution is -2.12. The van der Waals surface area contributed by atoms with Crippen LogP contribution in [-0.4, -0.2) is 22.3 Å². The van der Waals surface area contributed by atoms with Gasteiger partial charge in [-0.2, -0.15) is 0 Å². The highest BCUT2D eigenvalue weighted by Gasteiger charge is 2.08. The Balaban J connectivity index is 3.09. The summed E-state index contributed by atoms with van der Waals surface area (Å²) in [6.07, 6.45) is 12.5. The van der Waals surface area contributed by atoms with Crippen molar-refractivity contribution in [2.75, 3.05) is 0 Å². The first-order valence-electron chi connectivity index (χ1n) is 7.56. The number of aliphatic hydroxyl groups is 1. The van der Waals surface area contributed by atoms with Gasteiger partial charge >= 0.3 is 5.97 Å². The number of hydrogen-bond donors (Lipinski definition) is 2. The minimum Gasteiger partial charge on any atom is -0.481 e. The molecular weight excluding hydrogens is 228 g/mol. The van der Waals surface area contributed by atoms with Gasteiger partial charge in [0.2, 0.25) is 0 Å². The number of carbonyl (C=O) groups is 1. The van der Waals surface area contributed by atoms with Crippen LogP contribution in [0.25, 0.3) is 0 Å². The van der Waals surface area contributed by atoms with Crippen LogP contribution >= 0.6 is 0 Å². The molecule has 0 heterocycles. The lowest BCUT2D eigenvalue weighted by molar-refractivity contribution is -0.139. The van der Waals surface area contributed by atoms with E-state index in [1.54, 1.807) is 0 Å². The van der Waals surface area contributed by atoms with Crippen molar-refractivity contribution in [3.63, 3.8) is 0 Å². The van der Waals surface area contributed by atoms with Gasteiger partial charge in [0.05, 0.1) is 12.5 Å². The smallest absolute Gasteiger partial charge is 0.305 e. The molecule has 0 aliphatic rings. The molecule has 0 aliphatic heterocycles. The Hall–Kier alpha value is -0.570.